The lowest BCUT2D eigenvalue weighted by Gasteiger charge is -2.14. The van der Waals surface area contributed by atoms with Gasteiger partial charge < -0.3 is 0 Å². The van der Waals surface area contributed by atoms with Crippen LogP contribution in [0.1, 0.15) is 33.4 Å². The second kappa shape index (κ2) is 8.57. The highest BCUT2D eigenvalue weighted by atomic mass is 32.2. The third-order valence-corrected chi connectivity index (χ3v) is 7.41. The van der Waals surface area contributed by atoms with Crippen molar-refractivity contribution in [3.63, 3.8) is 0 Å². The summed E-state index contributed by atoms with van der Waals surface area (Å²) < 4.78 is 0. The molecule has 2 nitrogen and oxygen atoms in total. The van der Waals surface area contributed by atoms with Gasteiger partial charge in [0.2, 0.25) is 0 Å². The molecule has 3 rings (SSSR count). The van der Waals surface area contributed by atoms with Crippen LogP contribution in [0.15, 0.2) is 68.1 Å². The molecule has 0 spiro atoms. The summed E-state index contributed by atoms with van der Waals surface area (Å²) in [6, 6.07) is 20.8. The topological polar surface area (TPSA) is 47.6 Å². The van der Waals surface area contributed by atoms with Crippen molar-refractivity contribution >= 4 is 23.5 Å². The SMILES string of the molecule is Cc1cccc(C)c1Sc1ccc(Sc2c(C)cccc2C)c(C#N)c1C#N. The van der Waals surface area contributed by atoms with Crippen LogP contribution in [0.3, 0.4) is 0 Å². The van der Waals surface area contributed by atoms with Crippen LogP contribution in [0.4, 0.5) is 0 Å². The summed E-state index contributed by atoms with van der Waals surface area (Å²) >= 11 is 3.12. The van der Waals surface area contributed by atoms with Gasteiger partial charge in [0, 0.05) is 19.6 Å². The van der Waals surface area contributed by atoms with Gasteiger partial charge in [-0.1, -0.05) is 59.9 Å². The first-order valence-corrected chi connectivity index (χ1v) is 10.5. The van der Waals surface area contributed by atoms with Crippen molar-refractivity contribution in [2.75, 3.05) is 0 Å². The van der Waals surface area contributed by atoms with Gasteiger partial charge in [0.25, 0.3) is 0 Å². The molecule has 0 aliphatic carbocycles. The first kappa shape index (κ1) is 20.1. The van der Waals surface area contributed by atoms with E-state index in [-0.39, 0.29) is 0 Å². The van der Waals surface area contributed by atoms with Gasteiger partial charge in [-0.15, -0.1) is 0 Å². The zero-order chi connectivity index (χ0) is 20.3. The predicted molar refractivity (Wildman–Crippen MR) is 116 cm³/mol. The van der Waals surface area contributed by atoms with Crippen LogP contribution < -0.4 is 0 Å². The van der Waals surface area contributed by atoms with Crippen LogP contribution >= 0.6 is 23.5 Å². The molecule has 0 fully saturated rings. The van der Waals surface area contributed by atoms with Gasteiger partial charge >= 0.3 is 0 Å². The maximum atomic E-state index is 9.82. The van der Waals surface area contributed by atoms with Gasteiger partial charge in [-0.2, -0.15) is 10.5 Å². The van der Waals surface area contributed by atoms with Crippen LogP contribution in [0, 0.1) is 50.4 Å². The Kier molecular flexibility index (Phi) is 6.15. The Bertz CT molecular complexity index is 1000. The monoisotopic (exact) mass is 400 g/mol. The number of benzene rings is 3. The van der Waals surface area contributed by atoms with Crippen molar-refractivity contribution in [2.24, 2.45) is 0 Å². The van der Waals surface area contributed by atoms with Crippen molar-refractivity contribution in [1.82, 2.24) is 0 Å². The Morgan fingerprint density at radius 1 is 0.571 bits per heavy atom. The molecule has 0 amide bonds. The molecule has 0 aromatic heterocycles. The van der Waals surface area contributed by atoms with E-state index in [0.29, 0.717) is 11.1 Å². The summed E-state index contributed by atoms with van der Waals surface area (Å²) in [5.74, 6) is 0. The number of nitriles is 2. The number of hydrogen-bond donors (Lipinski definition) is 0. The van der Waals surface area contributed by atoms with Crippen molar-refractivity contribution in [3.05, 3.63) is 81.9 Å². The average molecular weight is 401 g/mol. The minimum atomic E-state index is 0.450. The van der Waals surface area contributed by atoms with Crippen molar-refractivity contribution < 1.29 is 0 Å². The van der Waals surface area contributed by atoms with E-state index >= 15 is 0 Å². The quantitative estimate of drug-likeness (QED) is 0.474. The van der Waals surface area contributed by atoms with Crippen LogP contribution in [0.25, 0.3) is 0 Å². The maximum Gasteiger partial charge on any atom is 0.102 e. The van der Waals surface area contributed by atoms with Gasteiger partial charge in [-0.25, -0.2) is 0 Å². The van der Waals surface area contributed by atoms with E-state index in [2.05, 4.69) is 64.1 Å². The number of aryl methyl sites for hydroxylation is 4. The number of hydrogen-bond acceptors (Lipinski definition) is 4. The smallest absolute Gasteiger partial charge is 0.102 e. The fraction of sp³-hybridized carbons (Fsp3) is 0.167. The van der Waals surface area contributed by atoms with Gasteiger partial charge in [0.1, 0.15) is 12.1 Å². The zero-order valence-corrected chi connectivity index (χ0v) is 18.0. The molecule has 0 heterocycles. The van der Waals surface area contributed by atoms with Crippen LogP contribution in [-0.4, -0.2) is 0 Å². The summed E-state index contributed by atoms with van der Waals surface area (Å²) in [7, 11) is 0. The lowest BCUT2D eigenvalue weighted by atomic mass is 10.1. The largest absolute Gasteiger partial charge is 0.192 e. The standard InChI is InChI=1S/C24H20N2S2/c1-15-7-5-8-16(2)23(15)27-21-11-12-22(20(14-26)19(21)13-25)28-24-17(3)9-6-10-18(24)4/h5-12H,1-4H3. The summed E-state index contributed by atoms with van der Waals surface area (Å²) in [5.41, 5.74) is 5.57. The van der Waals surface area contributed by atoms with Crippen LogP contribution in [0.5, 0.6) is 0 Å². The summed E-state index contributed by atoms with van der Waals surface area (Å²) in [6.07, 6.45) is 0. The molecule has 0 unspecified atom stereocenters. The molecule has 0 aliphatic heterocycles. The molecule has 4 heteroatoms. The van der Waals surface area contributed by atoms with E-state index in [9.17, 15) is 10.5 Å². The Morgan fingerprint density at radius 3 is 1.18 bits per heavy atom. The van der Waals surface area contributed by atoms with E-state index < -0.39 is 0 Å². The molecular formula is C24H20N2S2. The maximum absolute atomic E-state index is 9.82. The van der Waals surface area contributed by atoms with E-state index in [0.717, 1.165) is 19.6 Å². The molecule has 28 heavy (non-hydrogen) atoms. The normalized spacial score (nSPS) is 10.4. The molecule has 0 bridgehead atoms. The molecule has 0 N–H and O–H groups in total. The van der Waals surface area contributed by atoms with E-state index in [4.69, 9.17) is 0 Å². The van der Waals surface area contributed by atoms with Gasteiger partial charge in [-0.3, -0.25) is 0 Å². The molecule has 0 saturated carbocycles. The molecule has 3 aromatic rings. The van der Waals surface area contributed by atoms with Crippen LogP contribution in [-0.2, 0) is 0 Å². The molecule has 0 saturated heterocycles. The van der Waals surface area contributed by atoms with Gasteiger partial charge in [0.15, 0.2) is 0 Å². The second-order valence-corrected chi connectivity index (χ2v) is 8.79. The van der Waals surface area contributed by atoms with E-state index in [1.165, 1.54) is 22.3 Å². The molecular weight excluding hydrogens is 380 g/mol. The lowest BCUT2D eigenvalue weighted by Crippen LogP contribution is -1.94. The second-order valence-electron chi connectivity index (χ2n) is 6.68. The lowest BCUT2D eigenvalue weighted by molar-refractivity contribution is 1.19. The first-order valence-electron chi connectivity index (χ1n) is 8.91. The highest BCUT2D eigenvalue weighted by Crippen LogP contribution is 2.41. The third-order valence-electron chi connectivity index (χ3n) is 4.59. The Hall–Kier alpha value is -2.66. The fourth-order valence-electron chi connectivity index (χ4n) is 3.10. The van der Waals surface area contributed by atoms with Crippen molar-refractivity contribution in [1.29, 1.82) is 10.5 Å². The van der Waals surface area contributed by atoms with Crippen LogP contribution in [0.2, 0.25) is 0 Å². The summed E-state index contributed by atoms with van der Waals surface area (Å²) in [4.78, 5) is 3.92. The number of rotatable bonds is 4. The minimum absolute atomic E-state index is 0.450. The highest BCUT2D eigenvalue weighted by molar-refractivity contribution is 8.00. The molecule has 0 radical (unpaired) electrons. The van der Waals surface area contributed by atoms with E-state index in [1.54, 1.807) is 23.5 Å². The average Bonchev–Trinajstić information content (AvgIpc) is 2.67. The van der Waals surface area contributed by atoms with Crippen molar-refractivity contribution in [3.8, 4) is 12.1 Å². The highest BCUT2D eigenvalue weighted by Gasteiger charge is 2.17. The van der Waals surface area contributed by atoms with Gasteiger partial charge in [-0.05, 0) is 62.1 Å². The Morgan fingerprint density at radius 2 is 0.893 bits per heavy atom. The fourth-order valence-corrected chi connectivity index (χ4v) is 5.22. The summed E-state index contributed by atoms with van der Waals surface area (Å²) in [5, 5.41) is 19.6. The first-order chi connectivity index (χ1) is 13.5. The molecule has 138 valence electrons. The Balaban J connectivity index is 2.07. The molecule has 0 atom stereocenters. The predicted octanol–water partition coefficient (Wildman–Crippen LogP) is 6.97. The summed E-state index contributed by atoms with van der Waals surface area (Å²) in [6.45, 7) is 8.27. The third kappa shape index (κ3) is 3.94. The van der Waals surface area contributed by atoms with Crippen molar-refractivity contribution in [2.45, 2.75) is 47.3 Å². The van der Waals surface area contributed by atoms with E-state index in [1.807, 2.05) is 24.3 Å². The van der Waals surface area contributed by atoms with Gasteiger partial charge in [0.05, 0.1) is 11.1 Å². The zero-order valence-electron chi connectivity index (χ0n) is 16.3. The Labute approximate surface area is 175 Å². The number of nitrogens with zero attached hydrogens (tertiary/aromatic N) is 2. The molecule has 3 aromatic carbocycles. The minimum Gasteiger partial charge on any atom is -0.192 e. The molecule has 0 aliphatic rings.